The van der Waals surface area contributed by atoms with Crippen LogP contribution in [0.4, 0.5) is 0 Å². The summed E-state index contributed by atoms with van der Waals surface area (Å²) in [5, 5.41) is 3.46. The van der Waals surface area contributed by atoms with E-state index in [1.54, 1.807) is 0 Å². The van der Waals surface area contributed by atoms with Crippen LogP contribution in [0.15, 0.2) is 0 Å². The molecule has 3 nitrogen and oxygen atoms in total. The molecule has 1 rings (SSSR count). The lowest BCUT2D eigenvalue weighted by Crippen LogP contribution is -2.48. The van der Waals surface area contributed by atoms with Crippen LogP contribution in [0.25, 0.3) is 0 Å². The molecule has 0 aromatic heterocycles. The minimum atomic E-state index is 0.380. The molecule has 0 aliphatic carbocycles. The molecule has 0 spiro atoms. The summed E-state index contributed by atoms with van der Waals surface area (Å²) in [4.78, 5) is 2.59. The normalized spacial score (nSPS) is 20.1. The molecule has 102 valence electrons. The van der Waals surface area contributed by atoms with E-state index >= 15 is 0 Å². The first kappa shape index (κ1) is 14.9. The van der Waals surface area contributed by atoms with Crippen LogP contribution in [0, 0.1) is 11.3 Å². The zero-order valence-electron chi connectivity index (χ0n) is 12.1. The molecule has 1 N–H and O–H groups in total. The predicted molar refractivity (Wildman–Crippen MR) is 73.4 cm³/mol. The zero-order chi connectivity index (χ0) is 12.7. The van der Waals surface area contributed by atoms with E-state index in [1.165, 1.54) is 25.9 Å². The number of rotatable bonds is 7. The summed E-state index contributed by atoms with van der Waals surface area (Å²) in [7, 11) is 1.84. The second-order valence-electron chi connectivity index (χ2n) is 5.90. The Morgan fingerprint density at radius 3 is 2.41 bits per heavy atom. The van der Waals surface area contributed by atoms with E-state index in [-0.39, 0.29) is 0 Å². The minimum Gasteiger partial charge on any atom is -0.384 e. The van der Waals surface area contributed by atoms with Crippen molar-refractivity contribution >= 4 is 0 Å². The van der Waals surface area contributed by atoms with Gasteiger partial charge in [-0.25, -0.2) is 0 Å². The Bertz CT molecular complexity index is 195. The van der Waals surface area contributed by atoms with Crippen LogP contribution in [-0.4, -0.2) is 51.3 Å². The molecule has 0 amide bonds. The van der Waals surface area contributed by atoms with Crippen molar-refractivity contribution < 1.29 is 4.74 Å². The maximum Gasteiger partial charge on any atom is 0.0531 e. The van der Waals surface area contributed by atoms with Gasteiger partial charge in [-0.2, -0.15) is 0 Å². The molecule has 0 aromatic carbocycles. The van der Waals surface area contributed by atoms with Crippen molar-refractivity contribution in [2.45, 2.75) is 33.6 Å². The molecule has 1 fully saturated rings. The fourth-order valence-electron chi connectivity index (χ4n) is 2.91. The van der Waals surface area contributed by atoms with Gasteiger partial charge in [-0.15, -0.1) is 0 Å². The van der Waals surface area contributed by atoms with E-state index in [4.69, 9.17) is 4.74 Å². The minimum absolute atomic E-state index is 0.380. The van der Waals surface area contributed by atoms with Gasteiger partial charge in [0.1, 0.15) is 0 Å². The Hall–Kier alpha value is -0.120. The predicted octanol–water partition coefficient (Wildman–Crippen LogP) is 1.98. The van der Waals surface area contributed by atoms with Crippen LogP contribution in [0.2, 0.25) is 0 Å². The first-order chi connectivity index (χ1) is 8.12. The van der Waals surface area contributed by atoms with Crippen molar-refractivity contribution in [3.8, 4) is 0 Å². The first-order valence-electron chi connectivity index (χ1n) is 7.04. The molecular formula is C14H30N2O. The van der Waals surface area contributed by atoms with Gasteiger partial charge in [0.2, 0.25) is 0 Å². The maximum atomic E-state index is 5.48. The number of nitrogens with zero attached hydrogens (tertiary/aromatic N) is 1. The standard InChI is InChI=1S/C14H30N2O/c1-5-16(10-13(2)3)11-14(12-17-4)6-8-15-9-7-14/h13,15H,5-12H2,1-4H3. The van der Waals surface area contributed by atoms with E-state index < -0.39 is 0 Å². The van der Waals surface area contributed by atoms with Gasteiger partial charge >= 0.3 is 0 Å². The lowest BCUT2D eigenvalue weighted by Gasteiger charge is -2.41. The fraction of sp³-hybridized carbons (Fsp3) is 1.00. The van der Waals surface area contributed by atoms with Crippen LogP contribution >= 0.6 is 0 Å². The molecule has 0 atom stereocenters. The van der Waals surface area contributed by atoms with E-state index in [2.05, 4.69) is 31.0 Å². The molecule has 0 bridgehead atoms. The summed E-state index contributed by atoms with van der Waals surface area (Å²) in [6.07, 6.45) is 2.49. The summed E-state index contributed by atoms with van der Waals surface area (Å²) in [5.74, 6) is 0.747. The van der Waals surface area contributed by atoms with Gasteiger partial charge in [-0.3, -0.25) is 0 Å². The Balaban J connectivity index is 2.56. The van der Waals surface area contributed by atoms with Gasteiger partial charge < -0.3 is 15.0 Å². The third-order valence-corrected chi connectivity index (χ3v) is 3.74. The molecule has 1 heterocycles. The highest BCUT2D eigenvalue weighted by Crippen LogP contribution is 2.30. The van der Waals surface area contributed by atoms with Crippen LogP contribution in [0.1, 0.15) is 33.6 Å². The topological polar surface area (TPSA) is 24.5 Å². The zero-order valence-corrected chi connectivity index (χ0v) is 12.1. The summed E-state index contributed by atoms with van der Waals surface area (Å²) >= 11 is 0. The van der Waals surface area contributed by atoms with E-state index in [9.17, 15) is 0 Å². The molecular weight excluding hydrogens is 212 g/mol. The number of methoxy groups -OCH3 is 1. The molecule has 3 heteroatoms. The van der Waals surface area contributed by atoms with Gasteiger partial charge in [0, 0.05) is 25.6 Å². The van der Waals surface area contributed by atoms with E-state index in [1.807, 2.05) is 7.11 Å². The van der Waals surface area contributed by atoms with Crippen LogP contribution < -0.4 is 5.32 Å². The summed E-state index contributed by atoms with van der Waals surface area (Å²) in [5.41, 5.74) is 0.380. The van der Waals surface area contributed by atoms with Crippen molar-refractivity contribution in [3.05, 3.63) is 0 Å². The average molecular weight is 242 g/mol. The molecule has 0 unspecified atom stereocenters. The van der Waals surface area contributed by atoms with Crippen LogP contribution in [0.3, 0.4) is 0 Å². The van der Waals surface area contributed by atoms with Gasteiger partial charge in [0.15, 0.2) is 0 Å². The summed E-state index contributed by atoms with van der Waals surface area (Å²) < 4.78 is 5.48. The van der Waals surface area contributed by atoms with E-state index in [0.29, 0.717) is 5.41 Å². The second kappa shape index (κ2) is 7.34. The Labute approximate surface area is 107 Å². The van der Waals surface area contributed by atoms with Crippen molar-refractivity contribution in [2.75, 3.05) is 46.4 Å². The van der Waals surface area contributed by atoms with Gasteiger partial charge in [-0.05, 0) is 38.4 Å². The first-order valence-corrected chi connectivity index (χ1v) is 7.04. The molecule has 0 saturated carbocycles. The number of nitrogens with one attached hydrogen (secondary N) is 1. The monoisotopic (exact) mass is 242 g/mol. The third kappa shape index (κ3) is 4.94. The van der Waals surface area contributed by atoms with Crippen molar-refractivity contribution in [1.82, 2.24) is 10.2 Å². The van der Waals surface area contributed by atoms with E-state index in [0.717, 1.165) is 32.2 Å². The lowest BCUT2D eigenvalue weighted by atomic mass is 9.79. The van der Waals surface area contributed by atoms with Gasteiger partial charge in [0.05, 0.1) is 6.61 Å². The molecule has 0 radical (unpaired) electrons. The second-order valence-corrected chi connectivity index (χ2v) is 5.90. The highest BCUT2D eigenvalue weighted by atomic mass is 16.5. The third-order valence-electron chi connectivity index (χ3n) is 3.74. The van der Waals surface area contributed by atoms with Crippen molar-refractivity contribution in [1.29, 1.82) is 0 Å². The van der Waals surface area contributed by atoms with Gasteiger partial charge in [0.25, 0.3) is 0 Å². The number of ether oxygens (including phenoxy) is 1. The summed E-state index contributed by atoms with van der Waals surface area (Å²) in [6, 6.07) is 0. The van der Waals surface area contributed by atoms with Crippen molar-refractivity contribution in [3.63, 3.8) is 0 Å². The number of hydrogen-bond acceptors (Lipinski definition) is 3. The highest BCUT2D eigenvalue weighted by molar-refractivity contribution is 4.87. The van der Waals surface area contributed by atoms with Crippen molar-refractivity contribution in [2.24, 2.45) is 11.3 Å². The van der Waals surface area contributed by atoms with Crippen LogP contribution in [0.5, 0.6) is 0 Å². The smallest absolute Gasteiger partial charge is 0.0531 e. The van der Waals surface area contributed by atoms with Gasteiger partial charge in [-0.1, -0.05) is 20.8 Å². The molecule has 1 saturated heterocycles. The lowest BCUT2D eigenvalue weighted by molar-refractivity contribution is 0.0209. The molecule has 1 aliphatic heterocycles. The number of hydrogen-bond donors (Lipinski definition) is 1. The Kier molecular flexibility index (Phi) is 6.45. The molecule has 1 aliphatic rings. The molecule has 0 aromatic rings. The number of piperidine rings is 1. The highest BCUT2D eigenvalue weighted by Gasteiger charge is 2.33. The summed E-state index contributed by atoms with van der Waals surface area (Å²) in [6.45, 7) is 13.6. The average Bonchev–Trinajstić information content (AvgIpc) is 2.29. The van der Waals surface area contributed by atoms with Crippen LogP contribution in [-0.2, 0) is 4.74 Å². The molecule has 17 heavy (non-hydrogen) atoms. The fourth-order valence-corrected chi connectivity index (χ4v) is 2.91. The SMILES string of the molecule is CCN(CC(C)C)CC1(COC)CCNCC1. The maximum absolute atomic E-state index is 5.48. The largest absolute Gasteiger partial charge is 0.384 e. The Morgan fingerprint density at radius 1 is 1.29 bits per heavy atom. The Morgan fingerprint density at radius 2 is 1.94 bits per heavy atom. The quantitative estimate of drug-likeness (QED) is 0.739.